The second-order valence-corrected chi connectivity index (χ2v) is 10.0. The van der Waals surface area contributed by atoms with Crippen LogP contribution in [-0.4, -0.2) is 65.6 Å². The second-order valence-electron chi connectivity index (χ2n) is 10.0. The van der Waals surface area contributed by atoms with E-state index in [1.807, 2.05) is 6.07 Å². The third-order valence-electron chi connectivity index (χ3n) is 7.80. The maximum Gasteiger partial charge on any atom is 0.264 e. The summed E-state index contributed by atoms with van der Waals surface area (Å²) in [6.45, 7) is 3.00. The standard InChI is InChI=1S/C27H37N3O5/c1-19(9-7-12-25(33)30-16-8-10-21(30)18-31)27(35)22-17-20(13-14-23(22)28(2)26(27)34)29-15-6-4-3-5-11-24(29)32/h7,9,13-14,17,19,21,31,35H,3-6,8,10-12,15-16,18H2,1-2H3/b9-7+/t19-,21+,27+/m1/s1. The van der Waals surface area contributed by atoms with Crippen molar-refractivity contribution < 1.29 is 24.6 Å². The van der Waals surface area contributed by atoms with Crippen molar-refractivity contribution in [1.82, 2.24) is 4.90 Å². The van der Waals surface area contributed by atoms with E-state index in [-0.39, 0.29) is 30.9 Å². The Morgan fingerprint density at radius 3 is 2.71 bits per heavy atom. The van der Waals surface area contributed by atoms with Crippen LogP contribution in [0, 0.1) is 5.92 Å². The summed E-state index contributed by atoms with van der Waals surface area (Å²) >= 11 is 0. The largest absolute Gasteiger partial charge is 0.394 e. The van der Waals surface area contributed by atoms with E-state index in [0.717, 1.165) is 38.5 Å². The molecule has 2 fully saturated rings. The lowest BCUT2D eigenvalue weighted by atomic mass is 9.82. The summed E-state index contributed by atoms with van der Waals surface area (Å²) in [6, 6.07) is 5.30. The molecule has 3 heterocycles. The van der Waals surface area contributed by atoms with E-state index in [2.05, 4.69) is 0 Å². The Hall–Kier alpha value is -2.71. The Labute approximate surface area is 207 Å². The first-order chi connectivity index (χ1) is 16.8. The molecule has 0 bridgehead atoms. The number of amides is 3. The minimum absolute atomic E-state index is 0.0366. The van der Waals surface area contributed by atoms with Crippen LogP contribution < -0.4 is 9.80 Å². The van der Waals surface area contributed by atoms with Gasteiger partial charge in [0.2, 0.25) is 11.8 Å². The van der Waals surface area contributed by atoms with E-state index in [1.165, 1.54) is 4.90 Å². The molecular weight excluding hydrogens is 446 g/mol. The van der Waals surface area contributed by atoms with Crippen LogP contribution in [0.25, 0.3) is 0 Å². The fourth-order valence-corrected chi connectivity index (χ4v) is 5.63. The van der Waals surface area contributed by atoms with Crippen molar-refractivity contribution in [2.75, 3.05) is 36.5 Å². The molecule has 3 aliphatic rings. The summed E-state index contributed by atoms with van der Waals surface area (Å²) in [7, 11) is 1.64. The zero-order valence-corrected chi connectivity index (χ0v) is 20.8. The number of nitrogens with zero attached hydrogens (tertiary/aromatic N) is 3. The van der Waals surface area contributed by atoms with Crippen molar-refractivity contribution >= 4 is 29.1 Å². The van der Waals surface area contributed by atoms with E-state index in [9.17, 15) is 24.6 Å². The van der Waals surface area contributed by atoms with Crippen LogP contribution >= 0.6 is 0 Å². The quantitative estimate of drug-likeness (QED) is 0.606. The van der Waals surface area contributed by atoms with Crippen molar-refractivity contribution in [3.63, 3.8) is 0 Å². The molecule has 0 saturated carbocycles. The lowest BCUT2D eigenvalue weighted by Gasteiger charge is -2.29. The molecular formula is C27H37N3O5. The average Bonchev–Trinajstić information content (AvgIpc) is 3.40. The SMILES string of the molecule is C[C@H](/C=C/CC(=O)N1CCC[C@H]1CO)[C@@]1(O)C(=O)N(C)c2ccc(N3CCCCCCC3=O)cc21. The van der Waals surface area contributed by atoms with Gasteiger partial charge < -0.3 is 24.9 Å². The molecule has 1 aromatic carbocycles. The summed E-state index contributed by atoms with van der Waals surface area (Å²) in [4.78, 5) is 43.5. The minimum atomic E-state index is -1.79. The highest BCUT2D eigenvalue weighted by molar-refractivity contribution is 6.07. The van der Waals surface area contributed by atoms with Gasteiger partial charge in [-0.05, 0) is 43.9 Å². The number of hydrogen-bond acceptors (Lipinski definition) is 5. The van der Waals surface area contributed by atoms with Crippen LogP contribution in [0.3, 0.4) is 0 Å². The predicted octanol–water partition coefficient (Wildman–Crippen LogP) is 2.71. The Morgan fingerprint density at radius 2 is 1.94 bits per heavy atom. The smallest absolute Gasteiger partial charge is 0.264 e. The van der Waals surface area contributed by atoms with Gasteiger partial charge in [0.25, 0.3) is 5.91 Å². The number of fused-ring (bicyclic) bond motifs is 1. The maximum absolute atomic E-state index is 13.2. The molecule has 0 spiro atoms. The molecule has 8 nitrogen and oxygen atoms in total. The Morgan fingerprint density at radius 1 is 1.17 bits per heavy atom. The Bertz CT molecular complexity index is 1010. The van der Waals surface area contributed by atoms with Gasteiger partial charge in [-0.15, -0.1) is 0 Å². The molecule has 8 heteroatoms. The first-order valence-corrected chi connectivity index (χ1v) is 12.8. The zero-order valence-electron chi connectivity index (χ0n) is 20.8. The van der Waals surface area contributed by atoms with Crippen LogP contribution in [0.15, 0.2) is 30.4 Å². The van der Waals surface area contributed by atoms with Gasteiger partial charge in [0.05, 0.1) is 18.3 Å². The van der Waals surface area contributed by atoms with Crippen LogP contribution in [-0.2, 0) is 20.0 Å². The van der Waals surface area contributed by atoms with Gasteiger partial charge >= 0.3 is 0 Å². The molecule has 0 unspecified atom stereocenters. The number of rotatable bonds is 6. The number of carbonyl (C=O) groups is 3. The van der Waals surface area contributed by atoms with Crippen LogP contribution in [0.1, 0.15) is 63.9 Å². The molecule has 190 valence electrons. The predicted molar refractivity (Wildman–Crippen MR) is 134 cm³/mol. The fraction of sp³-hybridized carbons (Fsp3) is 0.593. The van der Waals surface area contributed by atoms with E-state index in [4.69, 9.17) is 0 Å². The number of likely N-dealkylation sites (tertiary alicyclic amines) is 1. The first-order valence-electron chi connectivity index (χ1n) is 12.8. The third kappa shape index (κ3) is 4.74. The number of carbonyl (C=O) groups excluding carboxylic acids is 3. The van der Waals surface area contributed by atoms with Gasteiger partial charge in [-0.1, -0.05) is 31.9 Å². The summed E-state index contributed by atoms with van der Waals surface area (Å²) in [5, 5.41) is 21.2. The minimum Gasteiger partial charge on any atom is -0.394 e. The van der Waals surface area contributed by atoms with Crippen molar-refractivity contribution in [3.05, 3.63) is 35.9 Å². The molecule has 2 N–H and O–H groups in total. The van der Waals surface area contributed by atoms with Gasteiger partial charge in [0.15, 0.2) is 5.60 Å². The van der Waals surface area contributed by atoms with Crippen LogP contribution in [0.4, 0.5) is 11.4 Å². The van der Waals surface area contributed by atoms with Gasteiger partial charge in [-0.3, -0.25) is 14.4 Å². The van der Waals surface area contributed by atoms with Gasteiger partial charge in [0.1, 0.15) is 0 Å². The summed E-state index contributed by atoms with van der Waals surface area (Å²) in [6.07, 6.45) is 9.71. The monoisotopic (exact) mass is 483 g/mol. The molecule has 0 aliphatic carbocycles. The summed E-state index contributed by atoms with van der Waals surface area (Å²) in [5.74, 6) is -1.01. The topological polar surface area (TPSA) is 101 Å². The number of benzene rings is 1. The third-order valence-corrected chi connectivity index (χ3v) is 7.80. The van der Waals surface area contributed by atoms with Crippen molar-refractivity contribution in [2.24, 2.45) is 5.92 Å². The first kappa shape index (κ1) is 25.4. The lowest BCUT2D eigenvalue weighted by Crippen LogP contribution is -2.43. The Kier molecular flexibility index (Phi) is 7.62. The number of hydrogen-bond donors (Lipinski definition) is 2. The lowest BCUT2D eigenvalue weighted by molar-refractivity contribution is -0.139. The maximum atomic E-state index is 13.2. The van der Waals surface area contributed by atoms with Crippen molar-refractivity contribution in [1.29, 1.82) is 0 Å². The molecule has 1 aromatic rings. The molecule has 35 heavy (non-hydrogen) atoms. The highest BCUT2D eigenvalue weighted by atomic mass is 16.3. The fourth-order valence-electron chi connectivity index (χ4n) is 5.63. The van der Waals surface area contributed by atoms with Crippen LogP contribution in [0.2, 0.25) is 0 Å². The molecule has 4 rings (SSSR count). The number of anilines is 2. The highest BCUT2D eigenvalue weighted by Crippen LogP contribution is 2.46. The van der Waals surface area contributed by atoms with Crippen molar-refractivity contribution in [2.45, 2.75) is 69.9 Å². The van der Waals surface area contributed by atoms with E-state index in [0.29, 0.717) is 36.4 Å². The number of likely N-dealkylation sites (N-methyl/N-ethyl adjacent to an activating group) is 1. The van der Waals surface area contributed by atoms with E-state index >= 15 is 0 Å². The molecule has 3 atom stereocenters. The molecule has 0 radical (unpaired) electrons. The highest BCUT2D eigenvalue weighted by Gasteiger charge is 2.51. The van der Waals surface area contributed by atoms with Gasteiger partial charge in [-0.25, -0.2) is 0 Å². The number of aliphatic hydroxyl groups excluding tert-OH is 1. The zero-order chi connectivity index (χ0) is 25.2. The molecule has 3 amide bonds. The second kappa shape index (κ2) is 10.5. The Balaban J connectivity index is 1.55. The normalized spacial score (nSPS) is 26.3. The van der Waals surface area contributed by atoms with Crippen molar-refractivity contribution in [3.8, 4) is 0 Å². The van der Waals surface area contributed by atoms with E-state index < -0.39 is 17.4 Å². The molecule has 0 aromatic heterocycles. The summed E-state index contributed by atoms with van der Waals surface area (Å²) in [5.41, 5.74) is 0.0282. The number of aliphatic hydroxyl groups is 2. The average molecular weight is 484 g/mol. The van der Waals surface area contributed by atoms with Gasteiger partial charge in [0, 0.05) is 50.1 Å². The van der Waals surface area contributed by atoms with Gasteiger partial charge in [-0.2, -0.15) is 0 Å². The van der Waals surface area contributed by atoms with Crippen LogP contribution in [0.5, 0.6) is 0 Å². The molecule has 3 aliphatic heterocycles. The summed E-state index contributed by atoms with van der Waals surface area (Å²) < 4.78 is 0. The van der Waals surface area contributed by atoms with E-state index in [1.54, 1.807) is 48.1 Å². The molecule has 2 saturated heterocycles.